The molecule has 1 heterocycles. The molecule has 0 atom stereocenters. The lowest BCUT2D eigenvalue weighted by atomic mass is 10.2. The zero-order chi connectivity index (χ0) is 10.5. The van der Waals surface area contributed by atoms with Crippen LogP contribution in [0.1, 0.15) is 5.56 Å². The van der Waals surface area contributed by atoms with E-state index >= 15 is 0 Å². The number of nitrogens with zero attached hydrogens (tertiary/aromatic N) is 1. The van der Waals surface area contributed by atoms with E-state index in [1.807, 2.05) is 36.4 Å². The zero-order valence-electron chi connectivity index (χ0n) is 8.26. The van der Waals surface area contributed by atoms with E-state index in [-0.39, 0.29) is 0 Å². The summed E-state index contributed by atoms with van der Waals surface area (Å²) in [6.45, 7) is 4.04. The molecule has 1 aromatic carbocycles. The Balaban J connectivity index is 2.12. The molecular weight excluding hydrogens is 202 g/mol. The van der Waals surface area contributed by atoms with E-state index in [0.717, 1.165) is 15.5 Å². The van der Waals surface area contributed by atoms with Gasteiger partial charge in [0.15, 0.2) is 0 Å². The summed E-state index contributed by atoms with van der Waals surface area (Å²) in [7, 11) is 0. The van der Waals surface area contributed by atoms with Gasteiger partial charge in [0.25, 0.3) is 0 Å². The van der Waals surface area contributed by atoms with Gasteiger partial charge < -0.3 is 0 Å². The lowest BCUT2D eigenvalue weighted by molar-refractivity contribution is 1.14. The second kappa shape index (κ2) is 4.80. The molecule has 0 fully saturated rings. The Bertz CT molecular complexity index is 437. The minimum Gasteiger partial charge on any atom is -0.250 e. The van der Waals surface area contributed by atoms with Crippen molar-refractivity contribution in [3.05, 3.63) is 66.9 Å². The average Bonchev–Trinajstić information content (AvgIpc) is 2.31. The molecule has 0 amide bonds. The quantitative estimate of drug-likeness (QED) is 0.718. The van der Waals surface area contributed by atoms with E-state index in [2.05, 4.69) is 23.7 Å². The molecular formula is C13H11NS. The van der Waals surface area contributed by atoms with Crippen molar-refractivity contribution in [2.24, 2.45) is 0 Å². The summed E-state index contributed by atoms with van der Waals surface area (Å²) in [4.78, 5) is 5.27. The predicted octanol–water partition coefficient (Wildman–Crippen LogP) is 3.84. The molecule has 1 nitrogen and oxygen atoms in total. The van der Waals surface area contributed by atoms with Crippen molar-refractivity contribution >= 4 is 16.7 Å². The normalized spacial score (nSPS) is 9.87. The van der Waals surface area contributed by atoms with Gasteiger partial charge in [0.05, 0.1) is 0 Å². The minimum absolute atomic E-state index is 0.978. The highest BCUT2D eigenvalue weighted by atomic mass is 32.2. The molecule has 0 spiro atoms. The molecule has 0 unspecified atom stereocenters. The van der Waals surface area contributed by atoms with E-state index in [4.69, 9.17) is 0 Å². The Morgan fingerprint density at radius 1 is 1.00 bits per heavy atom. The Morgan fingerprint density at radius 2 is 1.73 bits per heavy atom. The van der Waals surface area contributed by atoms with Crippen molar-refractivity contribution in [2.45, 2.75) is 5.03 Å². The Kier molecular flexibility index (Phi) is 3.20. The van der Waals surface area contributed by atoms with Crippen molar-refractivity contribution in [2.75, 3.05) is 0 Å². The maximum atomic E-state index is 4.25. The third-order valence-electron chi connectivity index (χ3n) is 1.96. The van der Waals surface area contributed by atoms with E-state index in [1.54, 1.807) is 18.0 Å². The van der Waals surface area contributed by atoms with Crippen LogP contribution >= 0.6 is 11.8 Å². The summed E-state index contributed by atoms with van der Waals surface area (Å²) in [5.41, 5.74) is 1.15. The number of aromatic nitrogens is 1. The first kappa shape index (κ1) is 9.99. The molecule has 0 saturated heterocycles. The largest absolute Gasteiger partial charge is 0.250 e. The van der Waals surface area contributed by atoms with Gasteiger partial charge in [-0.3, -0.25) is 0 Å². The number of benzene rings is 1. The fourth-order valence-electron chi connectivity index (χ4n) is 1.22. The highest BCUT2D eigenvalue weighted by Crippen LogP contribution is 2.30. The first-order valence-corrected chi connectivity index (χ1v) is 5.51. The SMILES string of the molecule is C=C(Sc1ccccn1)c1ccccc1. The fourth-order valence-corrected chi connectivity index (χ4v) is 1.98. The van der Waals surface area contributed by atoms with Crippen LogP contribution in [-0.4, -0.2) is 4.98 Å². The van der Waals surface area contributed by atoms with Gasteiger partial charge in [0.1, 0.15) is 5.03 Å². The number of hydrogen-bond acceptors (Lipinski definition) is 2. The third kappa shape index (κ3) is 2.70. The summed E-state index contributed by atoms with van der Waals surface area (Å²) < 4.78 is 0. The molecule has 0 aliphatic heterocycles. The molecule has 0 bridgehead atoms. The third-order valence-corrected chi connectivity index (χ3v) is 2.89. The predicted molar refractivity (Wildman–Crippen MR) is 65.6 cm³/mol. The first-order valence-electron chi connectivity index (χ1n) is 4.69. The van der Waals surface area contributed by atoms with Gasteiger partial charge in [0.2, 0.25) is 0 Å². The highest BCUT2D eigenvalue weighted by molar-refractivity contribution is 8.08. The molecule has 0 aliphatic carbocycles. The van der Waals surface area contributed by atoms with E-state index in [0.29, 0.717) is 0 Å². The van der Waals surface area contributed by atoms with Crippen LogP contribution in [0.2, 0.25) is 0 Å². The van der Waals surface area contributed by atoms with Crippen LogP contribution < -0.4 is 0 Å². The highest BCUT2D eigenvalue weighted by Gasteiger charge is 2.00. The summed E-state index contributed by atoms with van der Waals surface area (Å²) >= 11 is 1.59. The second-order valence-corrected chi connectivity index (χ2v) is 4.17. The topological polar surface area (TPSA) is 12.9 Å². The smallest absolute Gasteiger partial charge is 0.101 e. The summed E-state index contributed by atoms with van der Waals surface area (Å²) in [6.07, 6.45) is 1.79. The van der Waals surface area contributed by atoms with Crippen LogP contribution in [0.4, 0.5) is 0 Å². The Hall–Kier alpha value is -1.54. The maximum Gasteiger partial charge on any atom is 0.101 e. The number of hydrogen-bond donors (Lipinski definition) is 0. The van der Waals surface area contributed by atoms with Gasteiger partial charge in [-0.1, -0.05) is 54.7 Å². The monoisotopic (exact) mass is 213 g/mol. The van der Waals surface area contributed by atoms with Crippen LogP contribution in [0.25, 0.3) is 4.91 Å². The van der Waals surface area contributed by atoms with Gasteiger partial charge in [-0.05, 0) is 17.7 Å². The number of thioether (sulfide) groups is 1. The average molecular weight is 213 g/mol. The molecule has 0 radical (unpaired) electrons. The standard InChI is InChI=1S/C13H11NS/c1-11(12-7-3-2-4-8-12)15-13-9-5-6-10-14-13/h2-10H,1H2. The van der Waals surface area contributed by atoms with Gasteiger partial charge >= 0.3 is 0 Å². The first-order chi connectivity index (χ1) is 7.36. The zero-order valence-corrected chi connectivity index (χ0v) is 9.08. The van der Waals surface area contributed by atoms with Crippen molar-refractivity contribution in [3.63, 3.8) is 0 Å². The van der Waals surface area contributed by atoms with Crippen molar-refractivity contribution < 1.29 is 0 Å². The molecule has 2 heteroatoms. The lowest BCUT2D eigenvalue weighted by Gasteiger charge is -2.03. The maximum absolute atomic E-state index is 4.25. The molecule has 15 heavy (non-hydrogen) atoms. The van der Waals surface area contributed by atoms with E-state index < -0.39 is 0 Å². The van der Waals surface area contributed by atoms with Gasteiger partial charge in [-0.15, -0.1) is 0 Å². The fraction of sp³-hybridized carbons (Fsp3) is 0. The van der Waals surface area contributed by atoms with E-state index in [9.17, 15) is 0 Å². The van der Waals surface area contributed by atoms with Gasteiger partial charge in [0, 0.05) is 11.1 Å². The summed E-state index contributed by atoms with van der Waals surface area (Å²) in [6, 6.07) is 16.0. The minimum atomic E-state index is 0.978. The lowest BCUT2D eigenvalue weighted by Crippen LogP contribution is -1.80. The van der Waals surface area contributed by atoms with Crippen molar-refractivity contribution in [3.8, 4) is 0 Å². The molecule has 2 rings (SSSR count). The van der Waals surface area contributed by atoms with Crippen molar-refractivity contribution in [1.82, 2.24) is 4.98 Å². The van der Waals surface area contributed by atoms with Crippen LogP contribution in [0.5, 0.6) is 0 Å². The number of pyridine rings is 1. The molecule has 0 aliphatic rings. The van der Waals surface area contributed by atoms with Crippen LogP contribution in [0.15, 0.2) is 66.3 Å². The van der Waals surface area contributed by atoms with Gasteiger partial charge in [-0.25, -0.2) is 4.98 Å². The van der Waals surface area contributed by atoms with E-state index in [1.165, 1.54) is 0 Å². The number of rotatable bonds is 3. The Labute approximate surface area is 93.9 Å². The van der Waals surface area contributed by atoms with Crippen molar-refractivity contribution in [1.29, 1.82) is 0 Å². The van der Waals surface area contributed by atoms with Crippen LogP contribution in [0, 0.1) is 0 Å². The Morgan fingerprint density at radius 3 is 2.40 bits per heavy atom. The van der Waals surface area contributed by atoms with Gasteiger partial charge in [-0.2, -0.15) is 0 Å². The summed E-state index contributed by atoms with van der Waals surface area (Å²) in [5, 5.41) is 0.978. The molecule has 1 aromatic heterocycles. The second-order valence-electron chi connectivity index (χ2n) is 3.06. The van der Waals surface area contributed by atoms with Crippen LogP contribution in [0.3, 0.4) is 0 Å². The molecule has 2 aromatic rings. The van der Waals surface area contributed by atoms with Crippen LogP contribution in [-0.2, 0) is 0 Å². The summed E-state index contributed by atoms with van der Waals surface area (Å²) in [5.74, 6) is 0. The molecule has 0 N–H and O–H groups in total. The molecule has 0 saturated carbocycles. The molecule has 74 valence electrons.